The molecular weight excluding hydrogens is 256 g/mol. The zero-order valence-corrected chi connectivity index (χ0v) is 10.4. The van der Waals surface area contributed by atoms with E-state index in [9.17, 15) is 9.59 Å². The summed E-state index contributed by atoms with van der Waals surface area (Å²) in [5, 5.41) is 0. The molecule has 0 aliphatic rings. The first-order chi connectivity index (χ1) is 7.00. The molecule has 3 heteroatoms. The van der Waals surface area contributed by atoms with Gasteiger partial charge in [-0.3, -0.25) is 4.79 Å². The van der Waals surface area contributed by atoms with Gasteiger partial charge in [-0.2, -0.15) is 0 Å². The van der Waals surface area contributed by atoms with Crippen molar-refractivity contribution in [2.75, 3.05) is 0 Å². The number of hydrogen-bond donors (Lipinski definition) is 0. The molecule has 0 radical (unpaired) electrons. The van der Waals surface area contributed by atoms with E-state index in [1.165, 1.54) is 6.92 Å². The zero-order valence-electron chi connectivity index (χ0n) is 8.79. The molecule has 1 aromatic carbocycles. The van der Waals surface area contributed by atoms with Crippen LogP contribution in [0, 0.1) is 5.92 Å². The number of halogens is 1. The van der Waals surface area contributed by atoms with E-state index >= 15 is 0 Å². The van der Waals surface area contributed by atoms with Gasteiger partial charge >= 0.3 is 0 Å². The first-order valence-corrected chi connectivity index (χ1v) is 5.59. The van der Waals surface area contributed by atoms with E-state index in [0.29, 0.717) is 12.0 Å². The molecule has 15 heavy (non-hydrogen) atoms. The van der Waals surface area contributed by atoms with E-state index in [4.69, 9.17) is 0 Å². The van der Waals surface area contributed by atoms with Gasteiger partial charge in [-0.25, -0.2) is 0 Å². The Bertz CT molecular complexity index is 385. The third-order valence-corrected chi connectivity index (χ3v) is 2.64. The predicted molar refractivity (Wildman–Crippen MR) is 62.9 cm³/mol. The second-order valence-electron chi connectivity index (χ2n) is 3.68. The maximum absolute atomic E-state index is 11.9. The zero-order chi connectivity index (χ0) is 11.4. The molecule has 0 aromatic heterocycles. The molecule has 1 aromatic rings. The molecule has 80 valence electrons. The lowest BCUT2D eigenvalue weighted by atomic mass is 9.95. The lowest BCUT2D eigenvalue weighted by Crippen LogP contribution is -2.14. The van der Waals surface area contributed by atoms with Gasteiger partial charge in [0.1, 0.15) is 5.78 Å². The number of Topliss-reactive ketones (excluding diaryl/α,β-unsaturated/α-hetero) is 2. The Labute approximate surface area is 97.8 Å². The Kier molecular flexibility index (Phi) is 4.21. The molecule has 1 unspecified atom stereocenters. The molecule has 0 heterocycles. The van der Waals surface area contributed by atoms with Gasteiger partial charge in [0.2, 0.25) is 0 Å². The van der Waals surface area contributed by atoms with Crippen molar-refractivity contribution in [3.63, 3.8) is 0 Å². The molecule has 0 aliphatic carbocycles. The van der Waals surface area contributed by atoms with Crippen molar-refractivity contribution < 1.29 is 9.59 Å². The average Bonchev–Trinajstić information content (AvgIpc) is 2.15. The Hall–Kier alpha value is -0.960. The summed E-state index contributed by atoms with van der Waals surface area (Å²) in [6, 6.07) is 7.23. The van der Waals surface area contributed by atoms with E-state index in [2.05, 4.69) is 15.9 Å². The van der Waals surface area contributed by atoms with Gasteiger partial charge < -0.3 is 4.79 Å². The Morgan fingerprint density at radius 2 is 2.07 bits per heavy atom. The van der Waals surface area contributed by atoms with E-state index in [1.54, 1.807) is 19.1 Å². The largest absolute Gasteiger partial charge is 0.300 e. The van der Waals surface area contributed by atoms with E-state index < -0.39 is 0 Å². The highest BCUT2D eigenvalue weighted by Gasteiger charge is 2.16. The second kappa shape index (κ2) is 5.21. The number of carbonyl (C=O) groups is 2. The number of ketones is 2. The number of benzene rings is 1. The lowest BCUT2D eigenvalue weighted by Gasteiger charge is -2.08. The van der Waals surface area contributed by atoms with E-state index in [0.717, 1.165) is 4.47 Å². The van der Waals surface area contributed by atoms with Gasteiger partial charge in [0.25, 0.3) is 0 Å². The predicted octanol–water partition coefficient (Wildman–Crippen LogP) is 3.25. The van der Waals surface area contributed by atoms with Gasteiger partial charge in [-0.1, -0.05) is 35.0 Å². The highest BCUT2D eigenvalue weighted by atomic mass is 79.9. The molecule has 1 atom stereocenters. The van der Waals surface area contributed by atoms with Crippen molar-refractivity contribution in [2.24, 2.45) is 5.92 Å². The molecule has 2 nitrogen and oxygen atoms in total. The van der Waals surface area contributed by atoms with Crippen LogP contribution in [0.15, 0.2) is 28.7 Å². The number of rotatable bonds is 4. The molecule has 0 bridgehead atoms. The summed E-state index contributed by atoms with van der Waals surface area (Å²) in [7, 11) is 0. The van der Waals surface area contributed by atoms with Crippen molar-refractivity contribution in [1.82, 2.24) is 0 Å². The second-order valence-corrected chi connectivity index (χ2v) is 4.60. The van der Waals surface area contributed by atoms with Crippen LogP contribution in [0.5, 0.6) is 0 Å². The molecule has 0 fully saturated rings. The van der Waals surface area contributed by atoms with Crippen molar-refractivity contribution in [3.8, 4) is 0 Å². The summed E-state index contributed by atoms with van der Waals surface area (Å²) in [6.45, 7) is 3.29. The molecular formula is C12H13BrO2. The van der Waals surface area contributed by atoms with Gasteiger partial charge in [-0.15, -0.1) is 0 Å². The van der Waals surface area contributed by atoms with Crippen molar-refractivity contribution >= 4 is 27.5 Å². The molecule has 0 spiro atoms. The van der Waals surface area contributed by atoms with Gasteiger partial charge in [0.15, 0.2) is 5.78 Å². The number of hydrogen-bond acceptors (Lipinski definition) is 2. The van der Waals surface area contributed by atoms with Crippen LogP contribution < -0.4 is 0 Å². The summed E-state index contributed by atoms with van der Waals surface area (Å²) in [5.74, 6) is -0.172. The van der Waals surface area contributed by atoms with Crippen LogP contribution in [-0.2, 0) is 4.79 Å². The normalized spacial score (nSPS) is 12.2. The van der Waals surface area contributed by atoms with Crippen LogP contribution >= 0.6 is 15.9 Å². The fraction of sp³-hybridized carbons (Fsp3) is 0.333. The average molecular weight is 269 g/mol. The third-order valence-electron chi connectivity index (χ3n) is 2.15. The minimum atomic E-state index is -0.239. The molecule has 1 rings (SSSR count). The first kappa shape index (κ1) is 12.1. The van der Waals surface area contributed by atoms with Gasteiger partial charge in [0, 0.05) is 22.4 Å². The molecule has 0 saturated carbocycles. The highest BCUT2D eigenvalue weighted by molar-refractivity contribution is 9.10. The van der Waals surface area contributed by atoms with Crippen LogP contribution in [0.25, 0.3) is 0 Å². The standard InChI is InChI=1S/C12H13BrO2/c1-8(6-9(2)14)12(15)10-4-3-5-11(13)7-10/h3-5,7-8H,6H2,1-2H3. The van der Waals surface area contributed by atoms with E-state index in [1.807, 2.05) is 12.1 Å². The molecule has 0 N–H and O–H groups in total. The van der Waals surface area contributed by atoms with Crippen molar-refractivity contribution in [2.45, 2.75) is 20.3 Å². The Balaban J connectivity index is 2.80. The van der Waals surface area contributed by atoms with Crippen LogP contribution in [0.2, 0.25) is 0 Å². The van der Waals surface area contributed by atoms with Crippen molar-refractivity contribution in [3.05, 3.63) is 34.3 Å². The minimum absolute atomic E-state index is 0.0199. The third kappa shape index (κ3) is 3.59. The van der Waals surface area contributed by atoms with Crippen LogP contribution in [0.4, 0.5) is 0 Å². The summed E-state index contributed by atoms with van der Waals surface area (Å²) in [6.07, 6.45) is 0.311. The van der Waals surface area contributed by atoms with E-state index in [-0.39, 0.29) is 17.5 Å². The minimum Gasteiger partial charge on any atom is -0.300 e. The van der Waals surface area contributed by atoms with Crippen molar-refractivity contribution in [1.29, 1.82) is 0 Å². The summed E-state index contributed by atoms with van der Waals surface area (Å²) in [4.78, 5) is 22.8. The van der Waals surface area contributed by atoms with Crippen LogP contribution in [0.1, 0.15) is 30.6 Å². The first-order valence-electron chi connectivity index (χ1n) is 4.80. The maximum atomic E-state index is 11.9. The SMILES string of the molecule is CC(=O)CC(C)C(=O)c1cccc(Br)c1. The fourth-order valence-corrected chi connectivity index (χ4v) is 1.85. The van der Waals surface area contributed by atoms with Crippen LogP contribution in [0.3, 0.4) is 0 Å². The molecule has 0 amide bonds. The maximum Gasteiger partial charge on any atom is 0.166 e. The smallest absolute Gasteiger partial charge is 0.166 e. The Morgan fingerprint density at radius 3 is 2.60 bits per heavy atom. The van der Waals surface area contributed by atoms with Gasteiger partial charge in [-0.05, 0) is 19.1 Å². The number of carbonyl (C=O) groups excluding carboxylic acids is 2. The summed E-state index contributed by atoms with van der Waals surface area (Å²) in [5.41, 5.74) is 0.651. The molecule has 0 saturated heterocycles. The van der Waals surface area contributed by atoms with Gasteiger partial charge in [0.05, 0.1) is 0 Å². The summed E-state index contributed by atoms with van der Waals surface area (Å²) >= 11 is 3.31. The highest BCUT2D eigenvalue weighted by Crippen LogP contribution is 2.16. The fourth-order valence-electron chi connectivity index (χ4n) is 1.45. The quantitative estimate of drug-likeness (QED) is 0.786. The lowest BCUT2D eigenvalue weighted by molar-refractivity contribution is -0.117. The topological polar surface area (TPSA) is 34.1 Å². The summed E-state index contributed by atoms with van der Waals surface area (Å²) < 4.78 is 0.878. The van der Waals surface area contributed by atoms with Crippen LogP contribution in [-0.4, -0.2) is 11.6 Å². The monoisotopic (exact) mass is 268 g/mol. The Morgan fingerprint density at radius 1 is 1.40 bits per heavy atom. The molecule has 0 aliphatic heterocycles.